The molecule has 0 saturated carbocycles. The van der Waals surface area contributed by atoms with E-state index in [1.165, 1.54) is 5.56 Å². The molecule has 0 aliphatic carbocycles. The number of aliphatic imine (C=N–C) groups is 1. The zero-order valence-corrected chi connectivity index (χ0v) is 15.0. The Bertz CT molecular complexity index is 536. The fraction of sp³-hybridized carbons (Fsp3) is 0.556. The van der Waals surface area contributed by atoms with E-state index in [0.29, 0.717) is 6.54 Å². The minimum Gasteiger partial charge on any atom is -0.355 e. The molecule has 1 aromatic rings. The maximum absolute atomic E-state index is 11.3. The number of benzene rings is 1. The summed E-state index contributed by atoms with van der Waals surface area (Å²) >= 11 is 0. The molecule has 6 nitrogen and oxygen atoms in total. The molecule has 1 fully saturated rings. The molecule has 1 heterocycles. The second-order valence-electron chi connectivity index (χ2n) is 6.29. The number of nitrogens with zero attached hydrogens (tertiary/aromatic N) is 4. The van der Waals surface area contributed by atoms with Crippen LogP contribution in [0, 0.1) is 0 Å². The van der Waals surface area contributed by atoms with E-state index in [1.54, 1.807) is 6.92 Å². The number of carbonyl (C=O) groups excluding carboxylic acids is 1. The molecule has 1 N–H and O–H groups in total. The van der Waals surface area contributed by atoms with Gasteiger partial charge < -0.3 is 15.1 Å². The molecule has 0 unspecified atom stereocenters. The molecule has 132 valence electrons. The van der Waals surface area contributed by atoms with Crippen LogP contribution in [0.25, 0.3) is 0 Å². The standard InChI is InChI=1S/C18H29N5O/c1-16(24)23-13-11-22(12-14-23)10-9-19-18(21(2)3)20-15-17-7-5-4-6-8-17/h4-8H,9-15H2,1-3H3,(H,19,20). The lowest BCUT2D eigenvalue weighted by Gasteiger charge is -2.34. The van der Waals surface area contributed by atoms with Gasteiger partial charge in [0.05, 0.1) is 6.54 Å². The van der Waals surface area contributed by atoms with Crippen LogP contribution in [0.1, 0.15) is 12.5 Å². The Kier molecular flexibility index (Phi) is 7.06. The van der Waals surface area contributed by atoms with Crippen LogP contribution in [-0.4, -0.2) is 79.9 Å². The van der Waals surface area contributed by atoms with Crippen LogP contribution in [0.4, 0.5) is 0 Å². The molecular formula is C18H29N5O. The number of hydrogen-bond donors (Lipinski definition) is 1. The first-order valence-electron chi connectivity index (χ1n) is 8.53. The summed E-state index contributed by atoms with van der Waals surface area (Å²) in [5.74, 6) is 1.08. The van der Waals surface area contributed by atoms with E-state index in [0.717, 1.165) is 45.2 Å². The second kappa shape index (κ2) is 9.27. The molecule has 2 rings (SSSR count). The Hall–Kier alpha value is -2.08. The van der Waals surface area contributed by atoms with Crippen LogP contribution in [0.2, 0.25) is 0 Å². The predicted octanol–water partition coefficient (Wildman–Crippen LogP) is 0.858. The third-order valence-corrected chi connectivity index (χ3v) is 4.21. The van der Waals surface area contributed by atoms with Gasteiger partial charge in [0.15, 0.2) is 5.96 Å². The first-order chi connectivity index (χ1) is 11.6. The van der Waals surface area contributed by atoms with Gasteiger partial charge in [-0.05, 0) is 5.56 Å². The summed E-state index contributed by atoms with van der Waals surface area (Å²) in [6.45, 7) is 7.69. The summed E-state index contributed by atoms with van der Waals surface area (Å²) in [5, 5.41) is 3.42. The van der Waals surface area contributed by atoms with Gasteiger partial charge in [0.25, 0.3) is 0 Å². The van der Waals surface area contributed by atoms with E-state index in [4.69, 9.17) is 0 Å². The Morgan fingerprint density at radius 1 is 1.17 bits per heavy atom. The van der Waals surface area contributed by atoms with Crippen LogP contribution in [0.15, 0.2) is 35.3 Å². The minimum atomic E-state index is 0.177. The molecular weight excluding hydrogens is 302 g/mol. The van der Waals surface area contributed by atoms with Crippen LogP contribution in [0.3, 0.4) is 0 Å². The van der Waals surface area contributed by atoms with Crippen molar-refractivity contribution in [3.05, 3.63) is 35.9 Å². The van der Waals surface area contributed by atoms with Gasteiger partial charge in [0.1, 0.15) is 0 Å². The van der Waals surface area contributed by atoms with Crippen molar-refractivity contribution >= 4 is 11.9 Å². The maximum atomic E-state index is 11.3. The highest BCUT2D eigenvalue weighted by Crippen LogP contribution is 2.02. The normalized spacial score (nSPS) is 16.1. The summed E-state index contributed by atoms with van der Waals surface area (Å²) in [5.41, 5.74) is 1.21. The van der Waals surface area contributed by atoms with Crippen LogP contribution in [0.5, 0.6) is 0 Å². The lowest BCUT2D eigenvalue weighted by Crippen LogP contribution is -2.50. The topological polar surface area (TPSA) is 51.2 Å². The van der Waals surface area contributed by atoms with Crippen molar-refractivity contribution in [2.75, 3.05) is 53.4 Å². The lowest BCUT2D eigenvalue weighted by atomic mass is 10.2. The third kappa shape index (κ3) is 5.85. The Morgan fingerprint density at radius 3 is 2.42 bits per heavy atom. The molecule has 1 aromatic carbocycles. The van der Waals surface area contributed by atoms with Gasteiger partial charge in [-0.1, -0.05) is 30.3 Å². The van der Waals surface area contributed by atoms with Gasteiger partial charge in [0, 0.05) is 60.3 Å². The fourth-order valence-corrected chi connectivity index (χ4v) is 2.72. The summed E-state index contributed by atoms with van der Waals surface area (Å²) < 4.78 is 0. The zero-order valence-electron chi connectivity index (χ0n) is 15.0. The lowest BCUT2D eigenvalue weighted by molar-refractivity contribution is -0.130. The van der Waals surface area contributed by atoms with Gasteiger partial charge in [-0.25, -0.2) is 4.99 Å². The molecule has 1 saturated heterocycles. The monoisotopic (exact) mass is 331 g/mol. The molecule has 0 spiro atoms. The van der Waals surface area contributed by atoms with Gasteiger partial charge >= 0.3 is 0 Å². The number of piperazine rings is 1. The van der Waals surface area contributed by atoms with E-state index in [-0.39, 0.29) is 5.91 Å². The Balaban J connectivity index is 1.75. The van der Waals surface area contributed by atoms with E-state index in [2.05, 4.69) is 27.3 Å². The molecule has 1 aliphatic rings. The fourth-order valence-electron chi connectivity index (χ4n) is 2.72. The average molecular weight is 331 g/mol. The van der Waals surface area contributed by atoms with Crippen LogP contribution < -0.4 is 5.32 Å². The van der Waals surface area contributed by atoms with Crippen molar-refractivity contribution in [3.63, 3.8) is 0 Å². The van der Waals surface area contributed by atoms with Gasteiger partial charge in [0.2, 0.25) is 5.91 Å². The van der Waals surface area contributed by atoms with Gasteiger partial charge in [-0.15, -0.1) is 0 Å². The Labute approximate surface area is 145 Å². The van der Waals surface area contributed by atoms with E-state index >= 15 is 0 Å². The first kappa shape index (κ1) is 18.3. The molecule has 0 atom stereocenters. The van der Waals surface area contributed by atoms with Crippen molar-refractivity contribution in [2.45, 2.75) is 13.5 Å². The van der Waals surface area contributed by atoms with Crippen molar-refractivity contribution < 1.29 is 4.79 Å². The molecule has 0 radical (unpaired) electrons. The molecule has 0 bridgehead atoms. The van der Waals surface area contributed by atoms with Crippen molar-refractivity contribution in [3.8, 4) is 0 Å². The molecule has 1 aliphatic heterocycles. The minimum absolute atomic E-state index is 0.177. The number of amides is 1. The highest BCUT2D eigenvalue weighted by Gasteiger charge is 2.17. The van der Waals surface area contributed by atoms with Crippen molar-refractivity contribution in [1.82, 2.24) is 20.0 Å². The first-order valence-corrected chi connectivity index (χ1v) is 8.53. The number of hydrogen-bond acceptors (Lipinski definition) is 3. The predicted molar refractivity (Wildman–Crippen MR) is 98.0 cm³/mol. The van der Waals surface area contributed by atoms with Gasteiger partial charge in [-0.2, -0.15) is 0 Å². The van der Waals surface area contributed by atoms with Crippen molar-refractivity contribution in [1.29, 1.82) is 0 Å². The number of rotatable bonds is 5. The Morgan fingerprint density at radius 2 is 1.83 bits per heavy atom. The molecule has 0 aromatic heterocycles. The third-order valence-electron chi connectivity index (χ3n) is 4.21. The summed E-state index contributed by atoms with van der Waals surface area (Å²) in [7, 11) is 4.00. The second-order valence-corrected chi connectivity index (χ2v) is 6.29. The summed E-state index contributed by atoms with van der Waals surface area (Å²) in [6, 6.07) is 10.3. The van der Waals surface area contributed by atoms with Crippen molar-refractivity contribution in [2.24, 2.45) is 4.99 Å². The maximum Gasteiger partial charge on any atom is 0.219 e. The number of guanidine groups is 1. The zero-order chi connectivity index (χ0) is 17.4. The van der Waals surface area contributed by atoms with Gasteiger partial charge in [-0.3, -0.25) is 9.69 Å². The van der Waals surface area contributed by atoms with E-state index < -0.39 is 0 Å². The summed E-state index contributed by atoms with van der Waals surface area (Å²) in [6.07, 6.45) is 0. The highest BCUT2D eigenvalue weighted by molar-refractivity contribution is 5.79. The number of carbonyl (C=O) groups is 1. The van der Waals surface area contributed by atoms with Crippen LogP contribution in [-0.2, 0) is 11.3 Å². The highest BCUT2D eigenvalue weighted by atomic mass is 16.2. The molecule has 6 heteroatoms. The largest absolute Gasteiger partial charge is 0.355 e. The summed E-state index contributed by atoms with van der Waals surface area (Å²) in [4.78, 5) is 22.3. The number of nitrogens with one attached hydrogen (secondary N) is 1. The average Bonchev–Trinajstić information content (AvgIpc) is 2.59. The van der Waals surface area contributed by atoms with E-state index in [9.17, 15) is 4.79 Å². The van der Waals surface area contributed by atoms with Crippen LogP contribution >= 0.6 is 0 Å². The van der Waals surface area contributed by atoms with E-state index in [1.807, 2.05) is 42.1 Å². The SMILES string of the molecule is CC(=O)N1CCN(CCNC(=NCc2ccccc2)N(C)C)CC1. The molecule has 24 heavy (non-hydrogen) atoms. The quantitative estimate of drug-likeness (QED) is 0.642. The smallest absolute Gasteiger partial charge is 0.219 e. The molecule has 1 amide bonds.